The van der Waals surface area contributed by atoms with E-state index in [-0.39, 0.29) is 12.1 Å². The quantitative estimate of drug-likeness (QED) is 0.836. The van der Waals surface area contributed by atoms with Crippen molar-refractivity contribution in [3.05, 3.63) is 47.5 Å². The number of amides is 2. The molecule has 0 aliphatic carbocycles. The van der Waals surface area contributed by atoms with Crippen LogP contribution in [-0.4, -0.2) is 23.3 Å². The van der Waals surface area contributed by atoms with E-state index in [0.717, 1.165) is 5.56 Å². The topological polar surface area (TPSA) is 58.7 Å². The number of nitrogens with zero attached hydrogens (tertiary/aromatic N) is 2. The monoisotopic (exact) mass is 249 g/mol. The standard InChI is InChI=1S/C12H12ClN3O/c1-2-7-16-10(11(14)15-12(16)17)8-3-5-9(13)6-4-8/h2-6,10H,1,7H2,(H2,14,15,17). The second-order valence-electron chi connectivity index (χ2n) is 3.71. The number of urea groups is 1. The molecule has 1 aromatic carbocycles. The molecule has 1 unspecified atom stereocenters. The predicted octanol–water partition coefficient (Wildman–Crippen LogP) is 2.36. The van der Waals surface area contributed by atoms with E-state index in [0.29, 0.717) is 17.4 Å². The van der Waals surface area contributed by atoms with Gasteiger partial charge in [-0.3, -0.25) is 0 Å². The van der Waals surface area contributed by atoms with Gasteiger partial charge in [-0.2, -0.15) is 4.99 Å². The van der Waals surface area contributed by atoms with Gasteiger partial charge in [-0.05, 0) is 17.7 Å². The fourth-order valence-corrected chi connectivity index (χ4v) is 1.95. The number of carbonyl (C=O) groups excluding carboxylic acids is 1. The largest absolute Gasteiger partial charge is 0.385 e. The SMILES string of the molecule is C=CCN1C(=O)N=C(N)C1c1ccc(Cl)cc1. The second-order valence-corrected chi connectivity index (χ2v) is 4.15. The Morgan fingerprint density at radius 2 is 2.12 bits per heavy atom. The molecule has 1 aromatic rings. The molecule has 0 saturated heterocycles. The van der Waals surface area contributed by atoms with Crippen molar-refractivity contribution in [2.45, 2.75) is 6.04 Å². The lowest BCUT2D eigenvalue weighted by atomic mass is 10.1. The third kappa shape index (κ3) is 2.17. The van der Waals surface area contributed by atoms with Crippen molar-refractivity contribution < 1.29 is 4.79 Å². The number of hydrogen-bond donors (Lipinski definition) is 1. The van der Waals surface area contributed by atoms with Crippen LogP contribution in [0, 0.1) is 0 Å². The minimum absolute atomic E-state index is 0.305. The van der Waals surface area contributed by atoms with Gasteiger partial charge in [0.05, 0.1) is 0 Å². The van der Waals surface area contributed by atoms with Crippen LogP contribution in [0.15, 0.2) is 41.9 Å². The van der Waals surface area contributed by atoms with Gasteiger partial charge in [0.25, 0.3) is 0 Å². The van der Waals surface area contributed by atoms with Crippen molar-refractivity contribution in [2.24, 2.45) is 10.7 Å². The number of aliphatic imine (C=N–C) groups is 1. The van der Waals surface area contributed by atoms with Crippen molar-refractivity contribution in [3.8, 4) is 0 Å². The van der Waals surface area contributed by atoms with Crippen LogP contribution in [0.4, 0.5) is 4.79 Å². The Balaban J connectivity index is 2.35. The summed E-state index contributed by atoms with van der Waals surface area (Å²) in [5.74, 6) is 0.305. The van der Waals surface area contributed by atoms with Gasteiger partial charge < -0.3 is 10.6 Å². The summed E-state index contributed by atoms with van der Waals surface area (Å²) in [4.78, 5) is 16.9. The van der Waals surface area contributed by atoms with Gasteiger partial charge in [-0.1, -0.05) is 29.8 Å². The Morgan fingerprint density at radius 3 is 2.71 bits per heavy atom. The fourth-order valence-electron chi connectivity index (χ4n) is 1.82. The lowest BCUT2D eigenvalue weighted by Gasteiger charge is -2.23. The van der Waals surface area contributed by atoms with Crippen LogP contribution in [-0.2, 0) is 0 Å². The summed E-state index contributed by atoms with van der Waals surface area (Å²) in [5.41, 5.74) is 6.67. The molecule has 1 heterocycles. The summed E-state index contributed by atoms with van der Waals surface area (Å²) in [7, 11) is 0. The molecule has 17 heavy (non-hydrogen) atoms. The Labute approximate surface area is 104 Å². The molecule has 2 N–H and O–H groups in total. The van der Waals surface area contributed by atoms with E-state index in [1.807, 2.05) is 12.1 Å². The molecule has 1 atom stereocenters. The molecule has 5 heteroatoms. The molecule has 0 aromatic heterocycles. The van der Waals surface area contributed by atoms with Crippen LogP contribution in [0.5, 0.6) is 0 Å². The summed E-state index contributed by atoms with van der Waals surface area (Å²) in [5, 5.41) is 0.642. The Bertz CT molecular complexity index is 481. The van der Waals surface area contributed by atoms with Crippen LogP contribution in [0.25, 0.3) is 0 Å². The maximum atomic E-state index is 11.6. The minimum atomic E-state index is -0.331. The van der Waals surface area contributed by atoms with Gasteiger partial charge in [0.15, 0.2) is 0 Å². The van der Waals surface area contributed by atoms with Crippen molar-refractivity contribution in [2.75, 3.05) is 6.54 Å². The number of hydrogen-bond acceptors (Lipinski definition) is 2. The fraction of sp³-hybridized carbons (Fsp3) is 0.167. The average Bonchev–Trinajstić information content (AvgIpc) is 2.56. The van der Waals surface area contributed by atoms with Crippen LogP contribution < -0.4 is 5.73 Å². The predicted molar refractivity (Wildman–Crippen MR) is 68.1 cm³/mol. The first-order valence-electron chi connectivity index (χ1n) is 5.14. The molecule has 4 nitrogen and oxygen atoms in total. The third-order valence-electron chi connectivity index (χ3n) is 2.57. The zero-order chi connectivity index (χ0) is 12.4. The van der Waals surface area contributed by atoms with Gasteiger partial charge in [-0.15, -0.1) is 6.58 Å². The number of nitrogens with two attached hydrogens (primary N) is 1. The summed E-state index contributed by atoms with van der Waals surface area (Å²) in [6.07, 6.45) is 1.65. The van der Waals surface area contributed by atoms with E-state index in [1.165, 1.54) is 0 Å². The lowest BCUT2D eigenvalue weighted by molar-refractivity contribution is 0.213. The van der Waals surface area contributed by atoms with E-state index >= 15 is 0 Å². The van der Waals surface area contributed by atoms with E-state index in [2.05, 4.69) is 11.6 Å². The highest BCUT2D eigenvalue weighted by Gasteiger charge is 2.33. The first-order valence-corrected chi connectivity index (χ1v) is 5.52. The molecule has 0 fully saturated rings. The smallest absolute Gasteiger partial charge is 0.346 e. The highest BCUT2D eigenvalue weighted by Crippen LogP contribution is 2.27. The van der Waals surface area contributed by atoms with Gasteiger partial charge in [0.1, 0.15) is 11.9 Å². The Hall–Kier alpha value is -1.81. The van der Waals surface area contributed by atoms with Crippen LogP contribution in [0.1, 0.15) is 11.6 Å². The van der Waals surface area contributed by atoms with E-state index in [9.17, 15) is 4.79 Å². The first-order chi connectivity index (χ1) is 8.13. The zero-order valence-electron chi connectivity index (χ0n) is 9.14. The maximum absolute atomic E-state index is 11.6. The van der Waals surface area contributed by atoms with Gasteiger partial charge in [0, 0.05) is 11.6 Å². The maximum Gasteiger partial charge on any atom is 0.346 e. The summed E-state index contributed by atoms with van der Waals surface area (Å²) in [6, 6.07) is 6.55. The molecule has 1 aliphatic rings. The summed E-state index contributed by atoms with van der Waals surface area (Å²) >= 11 is 5.82. The molecule has 1 aliphatic heterocycles. The number of carbonyl (C=O) groups is 1. The molecule has 2 rings (SSSR count). The minimum Gasteiger partial charge on any atom is -0.385 e. The molecular weight excluding hydrogens is 238 g/mol. The van der Waals surface area contributed by atoms with Crippen molar-refractivity contribution in [1.29, 1.82) is 0 Å². The lowest BCUT2D eigenvalue weighted by Crippen LogP contribution is -2.33. The average molecular weight is 250 g/mol. The Morgan fingerprint density at radius 1 is 1.47 bits per heavy atom. The van der Waals surface area contributed by atoms with Crippen LogP contribution in [0.2, 0.25) is 5.02 Å². The molecule has 0 saturated carbocycles. The number of halogens is 1. The zero-order valence-corrected chi connectivity index (χ0v) is 9.89. The second kappa shape index (κ2) is 4.59. The molecule has 0 spiro atoms. The van der Waals surface area contributed by atoms with Crippen LogP contribution >= 0.6 is 11.6 Å². The molecule has 88 valence electrons. The van der Waals surface area contributed by atoms with Crippen molar-refractivity contribution in [1.82, 2.24) is 4.90 Å². The normalized spacial score (nSPS) is 19.4. The molecular formula is C12H12ClN3O. The van der Waals surface area contributed by atoms with Crippen LogP contribution in [0.3, 0.4) is 0 Å². The Kier molecular flexibility index (Phi) is 3.15. The highest BCUT2D eigenvalue weighted by molar-refractivity contribution is 6.30. The molecule has 0 radical (unpaired) electrons. The van der Waals surface area contributed by atoms with E-state index in [1.54, 1.807) is 23.1 Å². The van der Waals surface area contributed by atoms with Gasteiger partial charge in [-0.25, -0.2) is 4.79 Å². The third-order valence-corrected chi connectivity index (χ3v) is 2.83. The number of amidine groups is 1. The first kappa shape index (κ1) is 11.7. The summed E-state index contributed by atoms with van der Waals surface area (Å²) < 4.78 is 0. The summed E-state index contributed by atoms with van der Waals surface area (Å²) in [6.45, 7) is 4.03. The number of benzene rings is 1. The van der Waals surface area contributed by atoms with Crippen molar-refractivity contribution in [3.63, 3.8) is 0 Å². The van der Waals surface area contributed by atoms with E-state index < -0.39 is 0 Å². The van der Waals surface area contributed by atoms with Gasteiger partial charge in [0.2, 0.25) is 0 Å². The van der Waals surface area contributed by atoms with E-state index in [4.69, 9.17) is 17.3 Å². The van der Waals surface area contributed by atoms with Crippen molar-refractivity contribution >= 4 is 23.5 Å². The number of rotatable bonds is 3. The van der Waals surface area contributed by atoms with Gasteiger partial charge >= 0.3 is 6.03 Å². The highest BCUT2D eigenvalue weighted by atomic mass is 35.5. The molecule has 0 bridgehead atoms. The molecule has 2 amide bonds.